The zero-order valence-electron chi connectivity index (χ0n) is 8.02. The fraction of sp³-hybridized carbons (Fsp3) is 0.364. The normalized spacial score (nSPS) is 10.2. The van der Waals surface area contributed by atoms with Crippen LogP contribution in [0.15, 0.2) is 18.2 Å². The molecule has 1 aromatic carbocycles. The fourth-order valence-corrected chi connectivity index (χ4v) is 1.95. The molecule has 0 fully saturated rings. The molecule has 76 valence electrons. The highest BCUT2D eigenvalue weighted by molar-refractivity contribution is 9.09. The number of Topliss-reactive ketones (excluding diaryl/α,β-unsaturated/α-hetero) is 1. The Kier molecular flexibility index (Phi) is 4.63. The SMILES string of the molecule is CCc1c(Cl)cccc1CC(=O)CBr. The number of hydrogen-bond donors (Lipinski definition) is 0. The highest BCUT2D eigenvalue weighted by atomic mass is 79.9. The van der Waals surface area contributed by atoms with Crippen molar-refractivity contribution in [3.8, 4) is 0 Å². The lowest BCUT2D eigenvalue weighted by atomic mass is 10.0. The van der Waals surface area contributed by atoms with Crippen molar-refractivity contribution in [2.75, 3.05) is 5.33 Å². The molecule has 0 aliphatic carbocycles. The van der Waals surface area contributed by atoms with Crippen LogP contribution < -0.4 is 0 Å². The average molecular weight is 276 g/mol. The van der Waals surface area contributed by atoms with Gasteiger partial charge >= 0.3 is 0 Å². The molecule has 0 spiro atoms. The molecule has 0 saturated heterocycles. The number of benzene rings is 1. The van der Waals surface area contributed by atoms with Gasteiger partial charge in [-0.1, -0.05) is 46.6 Å². The molecule has 0 saturated carbocycles. The molecule has 0 amide bonds. The third-order valence-corrected chi connectivity index (χ3v) is 3.09. The summed E-state index contributed by atoms with van der Waals surface area (Å²) in [7, 11) is 0. The molecule has 3 heteroatoms. The van der Waals surface area contributed by atoms with Crippen LogP contribution in [0.4, 0.5) is 0 Å². The molecule has 0 aromatic heterocycles. The minimum atomic E-state index is 0.182. The molecular formula is C11H12BrClO. The summed E-state index contributed by atoms with van der Waals surface area (Å²) in [6.07, 6.45) is 1.33. The van der Waals surface area contributed by atoms with Crippen LogP contribution in [0.2, 0.25) is 5.02 Å². The summed E-state index contributed by atoms with van der Waals surface area (Å²) in [5.74, 6) is 0.182. The number of alkyl halides is 1. The topological polar surface area (TPSA) is 17.1 Å². The van der Waals surface area contributed by atoms with Gasteiger partial charge in [0, 0.05) is 11.4 Å². The zero-order chi connectivity index (χ0) is 10.6. The summed E-state index contributed by atoms with van der Waals surface area (Å²) in [6, 6.07) is 5.71. The Labute approximate surface area is 97.6 Å². The average Bonchev–Trinajstić information content (AvgIpc) is 2.18. The Morgan fingerprint density at radius 1 is 1.50 bits per heavy atom. The van der Waals surface area contributed by atoms with Gasteiger partial charge in [0.15, 0.2) is 0 Å². The van der Waals surface area contributed by atoms with E-state index in [0.717, 1.165) is 22.6 Å². The van der Waals surface area contributed by atoms with E-state index in [1.807, 2.05) is 25.1 Å². The maximum Gasteiger partial charge on any atom is 0.147 e. The number of rotatable bonds is 4. The van der Waals surface area contributed by atoms with Crippen LogP contribution in [-0.4, -0.2) is 11.1 Å². The van der Waals surface area contributed by atoms with Crippen molar-refractivity contribution < 1.29 is 4.79 Å². The molecule has 0 aliphatic heterocycles. The first kappa shape index (κ1) is 11.7. The Bertz CT molecular complexity index is 336. The van der Waals surface area contributed by atoms with Crippen LogP contribution in [0.5, 0.6) is 0 Å². The molecule has 1 aromatic rings. The predicted octanol–water partition coefficient (Wildman–Crippen LogP) is 3.41. The summed E-state index contributed by atoms with van der Waals surface area (Å²) in [5, 5.41) is 1.16. The summed E-state index contributed by atoms with van der Waals surface area (Å²) in [6.45, 7) is 2.04. The summed E-state index contributed by atoms with van der Waals surface area (Å²) < 4.78 is 0. The van der Waals surface area contributed by atoms with Gasteiger partial charge in [-0.15, -0.1) is 0 Å². The number of ketones is 1. The van der Waals surface area contributed by atoms with Gasteiger partial charge in [-0.05, 0) is 23.6 Å². The monoisotopic (exact) mass is 274 g/mol. The Hall–Kier alpha value is -0.340. The van der Waals surface area contributed by atoms with E-state index < -0.39 is 0 Å². The van der Waals surface area contributed by atoms with E-state index in [1.54, 1.807) is 0 Å². The maximum atomic E-state index is 11.3. The van der Waals surface area contributed by atoms with Crippen LogP contribution in [0.1, 0.15) is 18.1 Å². The lowest BCUT2D eigenvalue weighted by molar-refractivity contribution is -0.115. The molecule has 0 radical (unpaired) electrons. The van der Waals surface area contributed by atoms with Crippen LogP contribution in [0, 0.1) is 0 Å². The van der Waals surface area contributed by atoms with Gasteiger partial charge in [-0.3, -0.25) is 4.79 Å². The molecule has 0 aliphatic rings. The minimum absolute atomic E-state index is 0.182. The number of halogens is 2. The van der Waals surface area contributed by atoms with Gasteiger partial charge in [0.05, 0.1) is 5.33 Å². The smallest absolute Gasteiger partial charge is 0.147 e. The summed E-state index contributed by atoms with van der Waals surface area (Å²) in [5.41, 5.74) is 2.13. The summed E-state index contributed by atoms with van der Waals surface area (Å²) in [4.78, 5) is 11.3. The lowest BCUT2D eigenvalue weighted by Crippen LogP contribution is -2.06. The van der Waals surface area contributed by atoms with Crippen molar-refractivity contribution in [1.29, 1.82) is 0 Å². The lowest BCUT2D eigenvalue weighted by Gasteiger charge is -2.07. The van der Waals surface area contributed by atoms with Gasteiger partial charge in [-0.2, -0.15) is 0 Å². The molecule has 14 heavy (non-hydrogen) atoms. The second-order valence-corrected chi connectivity index (χ2v) is 4.05. The van der Waals surface area contributed by atoms with Gasteiger partial charge < -0.3 is 0 Å². The van der Waals surface area contributed by atoms with E-state index >= 15 is 0 Å². The van der Waals surface area contributed by atoms with Crippen molar-refractivity contribution in [2.24, 2.45) is 0 Å². The van der Waals surface area contributed by atoms with E-state index in [-0.39, 0.29) is 5.78 Å². The molecule has 0 N–H and O–H groups in total. The molecular weight excluding hydrogens is 263 g/mol. The quantitative estimate of drug-likeness (QED) is 0.770. The second-order valence-electron chi connectivity index (χ2n) is 3.08. The van der Waals surface area contributed by atoms with Crippen molar-refractivity contribution in [3.63, 3.8) is 0 Å². The third kappa shape index (κ3) is 2.82. The molecule has 0 unspecified atom stereocenters. The van der Waals surface area contributed by atoms with Crippen molar-refractivity contribution in [1.82, 2.24) is 0 Å². The van der Waals surface area contributed by atoms with Crippen LogP contribution >= 0.6 is 27.5 Å². The third-order valence-electron chi connectivity index (χ3n) is 2.11. The zero-order valence-corrected chi connectivity index (χ0v) is 10.4. The standard InChI is InChI=1S/C11H12BrClO/c1-2-10-8(6-9(14)7-12)4-3-5-11(10)13/h3-5H,2,6-7H2,1H3. The van der Waals surface area contributed by atoms with E-state index in [9.17, 15) is 4.79 Å². The van der Waals surface area contributed by atoms with Gasteiger partial charge in [0.2, 0.25) is 0 Å². The second kappa shape index (κ2) is 5.52. The van der Waals surface area contributed by atoms with Crippen molar-refractivity contribution in [2.45, 2.75) is 19.8 Å². The van der Waals surface area contributed by atoms with Crippen LogP contribution in [0.3, 0.4) is 0 Å². The first-order valence-electron chi connectivity index (χ1n) is 4.53. The van der Waals surface area contributed by atoms with Crippen molar-refractivity contribution >= 4 is 33.3 Å². The number of hydrogen-bond acceptors (Lipinski definition) is 1. The first-order valence-corrected chi connectivity index (χ1v) is 6.03. The maximum absolute atomic E-state index is 11.3. The Morgan fingerprint density at radius 3 is 2.79 bits per heavy atom. The fourth-order valence-electron chi connectivity index (χ4n) is 1.42. The highest BCUT2D eigenvalue weighted by Gasteiger charge is 2.08. The van der Waals surface area contributed by atoms with E-state index in [2.05, 4.69) is 15.9 Å². The minimum Gasteiger partial charge on any atom is -0.298 e. The van der Waals surface area contributed by atoms with E-state index in [1.165, 1.54) is 0 Å². The van der Waals surface area contributed by atoms with Crippen molar-refractivity contribution in [3.05, 3.63) is 34.3 Å². The Balaban J connectivity index is 2.96. The molecule has 0 atom stereocenters. The Morgan fingerprint density at radius 2 is 2.21 bits per heavy atom. The van der Waals surface area contributed by atoms with E-state index in [0.29, 0.717) is 11.8 Å². The highest BCUT2D eigenvalue weighted by Crippen LogP contribution is 2.21. The molecule has 1 nitrogen and oxygen atoms in total. The van der Waals surface area contributed by atoms with Gasteiger partial charge in [0.1, 0.15) is 5.78 Å². The predicted molar refractivity (Wildman–Crippen MR) is 63.3 cm³/mol. The molecule has 0 bridgehead atoms. The molecule has 0 heterocycles. The molecule has 1 rings (SSSR count). The first-order chi connectivity index (χ1) is 6.69. The van der Waals surface area contributed by atoms with Crippen LogP contribution in [0.25, 0.3) is 0 Å². The van der Waals surface area contributed by atoms with Gasteiger partial charge in [-0.25, -0.2) is 0 Å². The van der Waals surface area contributed by atoms with Gasteiger partial charge in [0.25, 0.3) is 0 Å². The number of carbonyl (C=O) groups excluding carboxylic acids is 1. The summed E-state index contributed by atoms with van der Waals surface area (Å²) >= 11 is 9.19. The number of carbonyl (C=O) groups is 1. The van der Waals surface area contributed by atoms with Crippen LogP contribution in [-0.2, 0) is 17.6 Å². The van der Waals surface area contributed by atoms with E-state index in [4.69, 9.17) is 11.6 Å². The largest absolute Gasteiger partial charge is 0.298 e.